The summed E-state index contributed by atoms with van der Waals surface area (Å²) < 4.78 is 10.3. The lowest BCUT2D eigenvalue weighted by Crippen LogP contribution is -2.09. The Morgan fingerprint density at radius 1 is 1.04 bits per heavy atom. The number of anilines is 1. The summed E-state index contributed by atoms with van der Waals surface area (Å²) in [6.07, 6.45) is 3.15. The average Bonchev–Trinajstić information content (AvgIpc) is 2.62. The molecule has 130 valence electrons. The predicted octanol–water partition coefficient (Wildman–Crippen LogP) is 3.91. The van der Waals surface area contributed by atoms with Gasteiger partial charge in [0.25, 0.3) is 0 Å². The van der Waals surface area contributed by atoms with E-state index in [0.717, 1.165) is 11.3 Å². The third-order valence-corrected chi connectivity index (χ3v) is 3.26. The topological polar surface area (TPSA) is 64.6 Å². The number of carbonyl (C=O) groups is 2. The van der Waals surface area contributed by atoms with Crippen LogP contribution in [0, 0.1) is 0 Å². The second-order valence-corrected chi connectivity index (χ2v) is 5.13. The Morgan fingerprint density at radius 3 is 2.48 bits per heavy atom. The lowest BCUT2D eigenvalue weighted by atomic mass is 10.2. The van der Waals surface area contributed by atoms with Crippen molar-refractivity contribution in [2.24, 2.45) is 0 Å². The van der Waals surface area contributed by atoms with Crippen LogP contribution < -0.4 is 10.1 Å². The largest absolute Gasteiger partial charge is 0.494 e. The first kappa shape index (κ1) is 18.3. The standard InChI is InChI=1S/C20H21NO4/c1-3-24-18-11-8-15(9-12-18)10-13-19(22)21-17-7-5-6-16(14-17)20(23)25-4-2/h5-14H,3-4H2,1-2H3,(H,21,22). The van der Waals surface area contributed by atoms with E-state index in [1.807, 2.05) is 31.2 Å². The molecule has 0 aliphatic carbocycles. The van der Waals surface area contributed by atoms with Crippen molar-refractivity contribution in [3.05, 3.63) is 65.7 Å². The van der Waals surface area contributed by atoms with Gasteiger partial charge in [0.2, 0.25) is 5.91 Å². The smallest absolute Gasteiger partial charge is 0.338 e. The van der Waals surface area contributed by atoms with Gasteiger partial charge in [0.15, 0.2) is 0 Å². The molecular formula is C20H21NO4. The molecule has 5 nitrogen and oxygen atoms in total. The molecule has 0 saturated heterocycles. The molecule has 2 aromatic rings. The van der Waals surface area contributed by atoms with Crippen LogP contribution >= 0.6 is 0 Å². The van der Waals surface area contributed by atoms with Crippen LogP contribution in [0.4, 0.5) is 5.69 Å². The quantitative estimate of drug-likeness (QED) is 0.613. The molecule has 0 aliphatic heterocycles. The van der Waals surface area contributed by atoms with E-state index in [9.17, 15) is 9.59 Å². The van der Waals surface area contributed by atoms with Gasteiger partial charge in [0.05, 0.1) is 18.8 Å². The van der Waals surface area contributed by atoms with Gasteiger partial charge in [-0.3, -0.25) is 4.79 Å². The summed E-state index contributed by atoms with van der Waals surface area (Å²) in [5, 5.41) is 2.72. The van der Waals surface area contributed by atoms with Gasteiger partial charge in [0.1, 0.15) is 5.75 Å². The van der Waals surface area contributed by atoms with Crippen LogP contribution in [0.5, 0.6) is 5.75 Å². The van der Waals surface area contributed by atoms with Crippen LogP contribution in [-0.4, -0.2) is 25.1 Å². The SMILES string of the molecule is CCOC(=O)c1cccc(NC(=O)C=Cc2ccc(OCC)cc2)c1. The van der Waals surface area contributed by atoms with Crippen molar-refractivity contribution >= 4 is 23.6 Å². The third-order valence-electron chi connectivity index (χ3n) is 3.26. The van der Waals surface area contributed by atoms with Crippen molar-refractivity contribution in [3.63, 3.8) is 0 Å². The molecule has 0 atom stereocenters. The van der Waals surface area contributed by atoms with Gasteiger partial charge >= 0.3 is 5.97 Å². The fourth-order valence-electron chi connectivity index (χ4n) is 2.14. The molecule has 0 aliphatic rings. The molecule has 0 aromatic heterocycles. The monoisotopic (exact) mass is 339 g/mol. The molecule has 0 unspecified atom stereocenters. The Hall–Kier alpha value is -3.08. The highest BCUT2D eigenvalue weighted by atomic mass is 16.5. The molecular weight excluding hydrogens is 318 g/mol. The number of hydrogen-bond acceptors (Lipinski definition) is 4. The number of esters is 1. The second-order valence-electron chi connectivity index (χ2n) is 5.13. The van der Waals surface area contributed by atoms with Crippen LogP contribution in [-0.2, 0) is 9.53 Å². The van der Waals surface area contributed by atoms with Gasteiger partial charge in [-0.15, -0.1) is 0 Å². The van der Waals surface area contributed by atoms with E-state index in [1.165, 1.54) is 6.08 Å². The molecule has 2 aromatic carbocycles. The summed E-state index contributed by atoms with van der Waals surface area (Å²) in [6.45, 7) is 4.59. The van der Waals surface area contributed by atoms with Crippen molar-refractivity contribution in [2.75, 3.05) is 18.5 Å². The van der Waals surface area contributed by atoms with E-state index in [2.05, 4.69) is 5.32 Å². The Kier molecular flexibility index (Phi) is 6.77. The highest BCUT2D eigenvalue weighted by Gasteiger charge is 2.07. The number of rotatable bonds is 7. The number of carbonyl (C=O) groups excluding carboxylic acids is 2. The minimum absolute atomic E-state index is 0.283. The van der Waals surface area contributed by atoms with Gasteiger partial charge in [-0.05, 0) is 55.8 Å². The molecule has 0 spiro atoms. The number of ether oxygens (including phenoxy) is 2. The molecule has 2 rings (SSSR count). The van der Waals surface area contributed by atoms with E-state index >= 15 is 0 Å². The van der Waals surface area contributed by atoms with Crippen molar-refractivity contribution in [2.45, 2.75) is 13.8 Å². The molecule has 1 N–H and O–H groups in total. The maximum absolute atomic E-state index is 12.0. The molecule has 0 radical (unpaired) electrons. The Balaban J connectivity index is 1.97. The van der Waals surface area contributed by atoms with Crippen LogP contribution in [0.2, 0.25) is 0 Å². The zero-order chi connectivity index (χ0) is 18.1. The molecule has 25 heavy (non-hydrogen) atoms. The Morgan fingerprint density at radius 2 is 1.80 bits per heavy atom. The lowest BCUT2D eigenvalue weighted by Gasteiger charge is -2.05. The van der Waals surface area contributed by atoms with Crippen LogP contribution in [0.15, 0.2) is 54.6 Å². The van der Waals surface area contributed by atoms with E-state index in [0.29, 0.717) is 24.5 Å². The molecule has 0 saturated carbocycles. The summed E-state index contributed by atoms with van der Waals surface area (Å²) in [5.74, 6) is 0.0957. The predicted molar refractivity (Wildman–Crippen MR) is 97.7 cm³/mol. The van der Waals surface area contributed by atoms with Gasteiger partial charge < -0.3 is 14.8 Å². The number of hydrogen-bond donors (Lipinski definition) is 1. The minimum Gasteiger partial charge on any atom is -0.494 e. The number of benzene rings is 2. The van der Waals surface area contributed by atoms with E-state index < -0.39 is 5.97 Å². The second kappa shape index (κ2) is 9.27. The van der Waals surface area contributed by atoms with Crippen molar-refractivity contribution in [1.29, 1.82) is 0 Å². The highest BCUT2D eigenvalue weighted by Crippen LogP contribution is 2.14. The van der Waals surface area contributed by atoms with Crippen LogP contribution in [0.1, 0.15) is 29.8 Å². The molecule has 5 heteroatoms. The molecule has 0 heterocycles. The average molecular weight is 339 g/mol. The van der Waals surface area contributed by atoms with E-state index in [1.54, 1.807) is 37.3 Å². The number of amides is 1. The van der Waals surface area contributed by atoms with Crippen molar-refractivity contribution in [1.82, 2.24) is 0 Å². The Bertz CT molecular complexity index is 751. The fourth-order valence-corrected chi connectivity index (χ4v) is 2.14. The summed E-state index contributed by atoms with van der Waals surface area (Å²) in [4.78, 5) is 23.7. The first-order valence-corrected chi connectivity index (χ1v) is 8.11. The van der Waals surface area contributed by atoms with Crippen LogP contribution in [0.25, 0.3) is 6.08 Å². The molecule has 0 fully saturated rings. The first-order valence-electron chi connectivity index (χ1n) is 8.11. The summed E-state index contributed by atoms with van der Waals surface area (Å²) in [5.41, 5.74) is 1.82. The highest BCUT2D eigenvalue weighted by molar-refractivity contribution is 6.02. The maximum atomic E-state index is 12.0. The zero-order valence-electron chi connectivity index (χ0n) is 14.3. The normalized spacial score (nSPS) is 10.5. The van der Waals surface area contributed by atoms with Gasteiger partial charge in [-0.2, -0.15) is 0 Å². The zero-order valence-corrected chi connectivity index (χ0v) is 14.3. The summed E-state index contributed by atoms with van der Waals surface area (Å²) >= 11 is 0. The third kappa shape index (κ3) is 5.80. The first-order chi connectivity index (χ1) is 12.1. The van der Waals surface area contributed by atoms with Gasteiger partial charge in [-0.25, -0.2) is 4.79 Å². The molecule has 0 bridgehead atoms. The van der Waals surface area contributed by atoms with Gasteiger partial charge in [0, 0.05) is 11.8 Å². The van der Waals surface area contributed by atoms with Crippen molar-refractivity contribution < 1.29 is 19.1 Å². The maximum Gasteiger partial charge on any atom is 0.338 e. The number of nitrogens with one attached hydrogen (secondary N) is 1. The Labute approximate surface area is 147 Å². The van der Waals surface area contributed by atoms with Crippen molar-refractivity contribution in [3.8, 4) is 5.75 Å². The fraction of sp³-hybridized carbons (Fsp3) is 0.200. The minimum atomic E-state index is -0.413. The lowest BCUT2D eigenvalue weighted by molar-refractivity contribution is -0.111. The van der Waals surface area contributed by atoms with Crippen LogP contribution in [0.3, 0.4) is 0 Å². The molecule has 1 amide bonds. The summed E-state index contributed by atoms with van der Waals surface area (Å²) in [7, 11) is 0. The van der Waals surface area contributed by atoms with Gasteiger partial charge in [-0.1, -0.05) is 18.2 Å². The van der Waals surface area contributed by atoms with E-state index in [-0.39, 0.29) is 5.91 Å². The van der Waals surface area contributed by atoms with E-state index in [4.69, 9.17) is 9.47 Å². The summed E-state index contributed by atoms with van der Waals surface area (Å²) in [6, 6.07) is 14.1.